The van der Waals surface area contributed by atoms with Crippen molar-refractivity contribution in [1.29, 1.82) is 0 Å². The van der Waals surface area contributed by atoms with Crippen LogP contribution in [-0.2, 0) is 32.3 Å². The Labute approximate surface area is 170 Å². The molecule has 0 aliphatic carbocycles. The highest BCUT2D eigenvalue weighted by molar-refractivity contribution is 6.17. The topological polar surface area (TPSA) is 52.6 Å². The summed E-state index contributed by atoms with van der Waals surface area (Å²) in [6, 6.07) is 26.1. The largest absolute Gasteiger partial charge is 0.457 e. The van der Waals surface area contributed by atoms with Gasteiger partial charge < -0.3 is 9.47 Å². The molecule has 4 nitrogen and oxygen atoms in total. The molecule has 4 heteroatoms. The fourth-order valence-electron chi connectivity index (χ4n) is 2.63. The van der Waals surface area contributed by atoms with Crippen molar-refractivity contribution in [3.63, 3.8) is 0 Å². The van der Waals surface area contributed by atoms with Crippen LogP contribution in [0, 0.1) is 6.92 Å². The van der Waals surface area contributed by atoms with Crippen molar-refractivity contribution in [2.75, 3.05) is 0 Å². The average molecular weight is 386 g/mol. The number of aryl methyl sites for hydroxylation is 1. The zero-order chi connectivity index (χ0) is 20.5. The van der Waals surface area contributed by atoms with Crippen molar-refractivity contribution < 1.29 is 19.1 Å². The standard InChI is InChI=1S/C25H22O4/c1-19-12-14-20(15-13-19)16-23(24(26)28-17-21-8-4-2-5-9-21)25(27)29-18-22-10-6-3-7-11-22/h2-16H,17-18H2,1H3. The quantitative estimate of drug-likeness (QED) is 0.252. The first kappa shape index (κ1) is 20.1. The van der Waals surface area contributed by atoms with Gasteiger partial charge in [-0.15, -0.1) is 0 Å². The second-order valence-corrected chi connectivity index (χ2v) is 6.59. The van der Waals surface area contributed by atoms with Gasteiger partial charge in [-0.3, -0.25) is 0 Å². The van der Waals surface area contributed by atoms with E-state index in [1.165, 1.54) is 6.08 Å². The van der Waals surface area contributed by atoms with Gasteiger partial charge in [0.25, 0.3) is 0 Å². The lowest BCUT2D eigenvalue weighted by atomic mass is 10.1. The van der Waals surface area contributed by atoms with Crippen LogP contribution in [0.25, 0.3) is 6.08 Å². The van der Waals surface area contributed by atoms with Crippen LogP contribution >= 0.6 is 0 Å². The number of rotatable bonds is 7. The van der Waals surface area contributed by atoms with E-state index in [1.807, 2.05) is 91.9 Å². The second-order valence-electron chi connectivity index (χ2n) is 6.59. The third kappa shape index (κ3) is 6.18. The summed E-state index contributed by atoms with van der Waals surface area (Å²) in [5.74, 6) is -1.43. The number of hydrogen-bond donors (Lipinski definition) is 0. The highest BCUT2D eigenvalue weighted by atomic mass is 16.6. The Kier molecular flexibility index (Phi) is 6.95. The van der Waals surface area contributed by atoms with Crippen LogP contribution in [0.2, 0.25) is 0 Å². The SMILES string of the molecule is Cc1ccc(C=C(C(=O)OCc2ccccc2)C(=O)OCc2ccccc2)cc1. The van der Waals surface area contributed by atoms with E-state index in [0.29, 0.717) is 0 Å². The number of hydrogen-bond acceptors (Lipinski definition) is 4. The van der Waals surface area contributed by atoms with Gasteiger partial charge in [0.15, 0.2) is 0 Å². The number of carbonyl (C=O) groups is 2. The molecule has 0 saturated carbocycles. The molecular formula is C25H22O4. The van der Waals surface area contributed by atoms with E-state index in [1.54, 1.807) is 0 Å². The Morgan fingerprint density at radius 1 is 0.690 bits per heavy atom. The molecule has 29 heavy (non-hydrogen) atoms. The molecule has 0 heterocycles. The summed E-state index contributed by atoms with van der Waals surface area (Å²) in [5, 5.41) is 0. The van der Waals surface area contributed by atoms with Crippen molar-refractivity contribution in [1.82, 2.24) is 0 Å². The van der Waals surface area contributed by atoms with E-state index < -0.39 is 11.9 Å². The normalized spacial score (nSPS) is 10.1. The van der Waals surface area contributed by atoms with E-state index in [-0.39, 0.29) is 18.8 Å². The predicted molar refractivity (Wildman–Crippen MR) is 112 cm³/mol. The zero-order valence-electron chi connectivity index (χ0n) is 16.2. The van der Waals surface area contributed by atoms with Gasteiger partial charge in [0.05, 0.1) is 0 Å². The van der Waals surface area contributed by atoms with E-state index in [2.05, 4.69) is 0 Å². The van der Waals surface area contributed by atoms with Crippen LogP contribution in [0.1, 0.15) is 22.3 Å². The average Bonchev–Trinajstić information content (AvgIpc) is 2.77. The summed E-state index contributed by atoms with van der Waals surface area (Å²) in [6.07, 6.45) is 1.50. The van der Waals surface area contributed by atoms with Crippen LogP contribution in [0.4, 0.5) is 0 Å². The molecule has 0 fully saturated rings. The van der Waals surface area contributed by atoms with E-state index in [9.17, 15) is 9.59 Å². The molecule has 3 aromatic rings. The molecule has 0 unspecified atom stereocenters. The van der Waals surface area contributed by atoms with Crippen molar-refractivity contribution in [3.8, 4) is 0 Å². The molecular weight excluding hydrogens is 364 g/mol. The molecule has 0 saturated heterocycles. The van der Waals surface area contributed by atoms with Gasteiger partial charge in [-0.1, -0.05) is 90.5 Å². The molecule has 0 aliphatic heterocycles. The fraction of sp³-hybridized carbons (Fsp3) is 0.120. The van der Waals surface area contributed by atoms with Crippen LogP contribution in [0.15, 0.2) is 90.5 Å². The minimum absolute atomic E-state index is 0.0802. The third-order valence-electron chi connectivity index (χ3n) is 4.25. The van der Waals surface area contributed by atoms with Gasteiger partial charge in [0, 0.05) is 0 Å². The Morgan fingerprint density at radius 2 is 1.14 bits per heavy atom. The van der Waals surface area contributed by atoms with Crippen LogP contribution in [-0.4, -0.2) is 11.9 Å². The summed E-state index contributed by atoms with van der Waals surface area (Å²) >= 11 is 0. The van der Waals surface area contributed by atoms with Gasteiger partial charge in [0.2, 0.25) is 0 Å². The molecule has 146 valence electrons. The van der Waals surface area contributed by atoms with Crippen LogP contribution in [0.5, 0.6) is 0 Å². The Balaban J connectivity index is 1.75. The minimum Gasteiger partial charge on any atom is -0.457 e. The molecule has 0 N–H and O–H groups in total. The molecule has 0 aliphatic rings. The van der Waals surface area contributed by atoms with E-state index in [0.717, 1.165) is 22.3 Å². The molecule has 3 aromatic carbocycles. The van der Waals surface area contributed by atoms with E-state index >= 15 is 0 Å². The lowest BCUT2D eigenvalue weighted by Gasteiger charge is -2.10. The maximum absolute atomic E-state index is 12.6. The third-order valence-corrected chi connectivity index (χ3v) is 4.25. The zero-order valence-corrected chi connectivity index (χ0v) is 16.2. The summed E-state index contributed by atoms with van der Waals surface area (Å²) < 4.78 is 10.7. The number of ether oxygens (including phenoxy) is 2. The Morgan fingerprint density at radius 3 is 1.59 bits per heavy atom. The molecule has 0 aromatic heterocycles. The maximum atomic E-state index is 12.6. The Hall–Kier alpha value is -3.66. The van der Waals surface area contributed by atoms with Crippen molar-refractivity contribution in [2.24, 2.45) is 0 Å². The summed E-state index contributed by atoms with van der Waals surface area (Å²) in [5.41, 5.74) is 3.35. The first-order valence-electron chi connectivity index (χ1n) is 9.32. The molecule has 0 radical (unpaired) electrons. The van der Waals surface area contributed by atoms with Crippen LogP contribution < -0.4 is 0 Å². The van der Waals surface area contributed by atoms with Crippen molar-refractivity contribution in [2.45, 2.75) is 20.1 Å². The second kappa shape index (κ2) is 10.0. The van der Waals surface area contributed by atoms with Gasteiger partial charge in [-0.05, 0) is 29.7 Å². The summed E-state index contributed by atoms with van der Waals surface area (Å²) in [7, 11) is 0. The first-order chi connectivity index (χ1) is 14.1. The highest BCUT2D eigenvalue weighted by Gasteiger charge is 2.22. The molecule has 0 spiro atoms. The highest BCUT2D eigenvalue weighted by Crippen LogP contribution is 2.14. The van der Waals surface area contributed by atoms with Crippen molar-refractivity contribution in [3.05, 3.63) is 113 Å². The van der Waals surface area contributed by atoms with Gasteiger partial charge in [-0.2, -0.15) is 0 Å². The molecule has 0 bridgehead atoms. The smallest absolute Gasteiger partial charge is 0.345 e. The van der Waals surface area contributed by atoms with Gasteiger partial charge in [0.1, 0.15) is 18.8 Å². The molecule has 3 rings (SSSR count). The summed E-state index contributed by atoms with van der Waals surface area (Å²) in [6.45, 7) is 2.13. The Bertz CT molecular complexity index is 917. The monoisotopic (exact) mass is 386 g/mol. The van der Waals surface area contributed by atoms with Crippen LogP contribution in [0.3, 0.4) is 0 Å². The number of carbonyl (C=O) groups excluding carboxylic acids is 2. The van der Waals surface area contributed by atoms with Crippen molar-refractivity contribution >= 4 is 18.0 Å². The number of esters is 2. The first-order valence-corrected chi connectivity index (χ1v) is 9.32. The van der Waals surface area contributed by atoms with E-state index in [4.69, 9.17) is 9.47 Å². The maximum Gasteiger partial charge on any atom is 0.345 e. The van der Waals surface area contributed by atoms with Gasteiger partial charge >= 0.3 is 11.9 Å². The lowest BCUT2D eigenvalue weighted by Crippen LogP contribution is -2.18. The summed E-state index contributed by atoms with van der Waals surface area (Å²) in [4.78, 5) is 25.3. The molecule has 0 amide bonds. The van der Waals surface area contributed by atoms with Gasteiger partial charge in [-0.25, -0.2) is 9.59 Å². The predicted octanol–water partition coefficient (Wildman–Crippen LogP) is 4.87. The minimum atomic E-state index is -0.715. The molecule has 0 atom stereocenters. The number of benzene rings is 3. The fourth-order valence-corrected chi connectivity index (χ4v) is 2.63. The lowest BCUT2D eigenvalue weighted by molar-refractivity contribution is -0.148.